The number of aliphatic imine (C=N–C) groups is 1. The quantitative estimate of drug-likeness (QED) is 0.783. The summed E-state index contributed by atoms with van der Waals surface area (Å²) >= 11 is 0. The monoisotopic (exact) mass is 304 g/mol. The summed E-state index contributed by atoms with van der Waals surface area (Å²) < 4.78 is 6.58. The average molecular weight is 304 g/mol. The lowest BCUT2D eigenvalue weighted by molar-refractivity contribution is 0.0521. The summed E-state index contributed by atoms with van der Waals surface area (Å²) in [6.45, 7) is 5.55. The van der Waals surface area contributed by atoms with E-state index in [1.807, 2.05) is 13.3 Å². The maximum atomic E-state index is 12.7. The third-order valence-electron chi connectivity index (χ3n) is 4.23. The van der Waals surface area contributed by atoms with E-state index in [1.54, 1.807) is 11.5 Å². The Hall–Kier alpha value is -2.18. The van der Waals surface area contributed by atoms with Crippen molar-refractivity contribution in [1.29, 1.82) is 0 Å². The van der Waals surface area contributed by atoms with Crippen LogP contribution < -0.4 is 5.56 Å². The van der Waals surface area contributed by atoms with Crippen LogP contribution in [-0.4, -0.2) is 46.5 Å². The second kappa shape index (κ2) is 5.90. The van der Waals surface area contributed by atoms with Crippen LogP contribution in [0.1, 0.15) is 55.0 Å². The number of hydrogen-bond donors (Lipinski definition) is 0. The third-order valence-corrected chi connectivity index (χ3v) is 4.23. The fraction of sp³-hybridized carbons (Fsp3) is 0.600. The molecule has 0 amide bonds. The number of carbonyl (C=O) groups excluding carboxylic acids is 1. The molecular formula is C15H20N4O3. The summed E-state index contributed by atoms with van der Waals surface area (Å²) in [5, 5.41) is 0. The van der Waals surface area contributed by atoms with Crippen molar-refractivity contribution >= 4 is 12.3 Å². The molecular weight excluding hydrogens is 284 g/mol. The third kappa shape index (κ3) is 2.40. The molecule has 1 aromatic heterocycles. The van der Waals surface area contributed by atoms with Crippen LogP contribution in [0.5, 0.6) is 0 Å². The lowest BCUT2D eigenvalue weighted by Crippen LogP contribution is -2.40. The minimum absolute atomic E-state index is 0.00758. The van der Waals surface area contributed by atoms with Crippen LogP contribution in [0.15, 0.2) is 16.0 Å². The molecule has 1 aromatic rings. The molecule has 0 bridgehead atoms. The van der Waals surface area contributed by atoms with Crippen LogP contribution in [0.2, 0.25) is 0 Å². The predicted molar refractivity (Wildman–Crippen MR) is 81.2 cm³/mol. The van der Waals surface area contributed by atoms with E-state index in [9.17, 15) is 9.59 Å². The zero-order chi connectivity index (χ0) is 15.7. The van der Waals surface area contributed by atoms with Gasteiger partial charge in [0.25, 0.3) is 5.56 Å². The number of carbonyl (C=O) groups is 1. The molecule has 3 heterocycles. The molecule has 0 radical (unpaired) electrons. The molecule has 7 heteroatoms. The standard InChI is InChI=1S/C15H20N4O3/c1-3-22-15(21)11-8-17-13-12(18-7-6-16-9-18)5-4-10(2)19(13)14(11)20/h8-10,12H,3-7H2,1-2H3. The van der Waals surface area contributed by atoms with Gasteiger partial charge in [0.15, 0.2) is 0 Å². The molecule has 118 valence electrons. The van der Waals surface area contributed by atoms with Crippen LogP contribution >= 0.6 is 0 Å². The number of nitrogens with zero attached hydrogens (tertiary/aromatic N) is 4. The van der Waals surface area contributed by atoms with E-state index in [1.165, 1.54) is 6.20 Å². The van der Waals surface area contributed by atoms with Crippen LogP contribution in [0.4, 0.5) is 0 Å². The fourth-order valence-corrected chi connectivity index (χ4v) is 3.10. The minimum atomic E-state index is -0.604. The van der Waals surface area contributed by atoms with Crippen molar-refractivity contribution in [3.05, 3.63) is 27.9 Å². The number of esters is 1. The molecule has 0 N–H and O–H groups in total. The number of aromatic nitrogens is 2. The van der Waals surface area contributed by atoms with E-state index in [0.29, 0.717) is 5.82 Å². The Morgan fingerprint density at radius 3 is 2.95 bits per heavy atom. The highest BCUT2D eigenvalue weighted by Crippen LogP contribution is 2.33. The van der Waals surface area contributed by atoms with E-state index in [0.717, 1.165) is 25.9 Å². The zero-order valence-corrected chi connectivity index (χ0v) is 12.9. The van der Waals surface area contributed by atoms with Crippen LogP contribution in [0.3, 0.4) is 0 Å². The van der Waals surface area contributed by atoms with E-state index in [2.05, 4.69) is 14.9 Å². The predicted octanol–water partition coefficient (Wildman–Crippen LogP) is 1.16. The summed E-state index contributed by atoms with van der Waals surface area (Å²) in [4.78, 5) is 35.3. The molecule has 0 fully saturated rings. The van der Waals surface area contributed by atoms with Crippen molar-refractivity contribution in [1.82, 2.24) is 14.5 Å². The lowest BCUT2D eigenvalue weighted by atomic mass is 9.99. The molecule has 0 saturated carbocycles. The van der Waals surface area contributed by atoms with Crippen molar-refractivity contribution in [3.63, 3.8) is 0 Å². The van der Waals surface area contributed by atoms with Gasteiger partial charge in [0, 0.05) is 18.8 Å². The normalized spacial score (nSPS) is 23.5. The van der Waals surface area contributed by atoms with Crippen molar-refractivity contribution in [2.24, 2.45) is 4.99 Å². The SMILES string of the molecule is CCOC(=O)c1cnc2n(c1=O)C(C)CCC2N1C=NCC1. The first-order chi connectivity index (χ1) is 10.6. The van der Waals surface area contributed by atoms with Gasteiger partial charge in [-0.25, -0.2) is 9.78 Å². The van der Waals surface area contributed by atoms with Gasteiger partial charge in [-0.1, -0.05) is 0 Å². The van der Waals surface area contributed by atoms with Gasteiger partial charge >= 0.3 is 5.97 Å². The molecule has 2 atom stereocenters. The molecule has 22 heavy (non-hydrogen) atoms. The highest BCUT2D eigenvalue weighted by Gasteiger charge is 2.32. The molecule has 2 unspecified atom stereocenters. The topological polar surface area (TPSA) is 76.8 Å². The zero-order valence-electron chi connectivity index (χ0n) is 12.9. The van der Waals surface area contributed by atoms with E-state index in [4.69, 9.17) is 4.74 Å². The number of hydrogen-bond acceptors (Lipinski definition) is 6. The largest absolute Gasteiger partial charge is 0.462 e. The highest BCUT2D eigenvalue weighted by atomic mass is 16.5. The first-order valence-corrected chi connectivity index (χ1v) is 7.67. The summed E-state index contributed by atoms with van der Waals surface area (Å²) in [7, 11) is 0. The minimum Gasteiger partial charge on any atom is -0.462 e. The molecule has 0 aliphatic carbocycles. The van der Waals surface area contributed by atoms with Crippen molar-refractivity contribution in [2.75, 3.05) is 19.7 Å². The van der Waals surface area contributed by atoms with Crippen molar-refractivity contribution in [3.8, 4) is 0 Å². The number of rotatable bonds is 3. The Kier molecular flexibility index (Phi) is 3.96. The average Bonchev–Trinajstić information content (AvgIpc) is 3.02. The maximum Gasteiger partial charge on any atom is 0.345 e. The van der Waals surface area contributed by atoms with Gasteiger partial charge < -0.3 is 9.64 Å². The van der Waals surface area contributed by atoms with E-state index >= 15 is 0 Å². The fourth-order valence-electron chi connectivity index (χ4n) is 3.10. The van der Waals surface area contributed by atoms with Crippen molar-refractivity contribution in [2.45, 2.75) is 38.8 Å². The second-order valence-electron chi connectivity index (χ2n) is 5.63. The van der Waals surface area contributed by atoms with Gasteiger partial charge in [-0.2, -0.15) is 0 Å². The molecule has 0 spiro atoms. The first-order valence-electron chi connectivity index (χ1n) is 7.67. The van der Waals surface area contributed by atoms with E-state index < -0.39 is 5.97 Å². The van der Waals surface area contributed by atoms with E-state index in [-0.39, 0.29) is 29.8 Å². The second-order valence-corrected chi connectivity index (χ2v) is 5.63. The van der Waals surface area contributed by atoms with Gasteiger partial charge in [0.2, 0.25) is 0 Å². The number of fused-ring (bicyclic) bond motifs is 1. The Morgan fingerprint density at radius 1 is 1.45 bits per heavy atom. The van der Waals surface area contributed by atoms with Gasteiger partial charge in [0.1, 0.15) is 11.4 Å². The Balaban J connectivity index is 2.04. The molecule has 0 aromatic carbocycles. The molecule has 7 nitrogen and oxygen atoms in total. The van der Waals surface area contributed by atoms with Gasteiger partial charge in [-0.05, 0) is 26.7 Å². The first kappa shape index (κ1) is 14.7. The molecule has 2 aliphatic heterocycles. The summed E-state index contributed by atoms with van der Waals surface area (Å²) in [6, 6.07) is 0.0755. The summed E-state index contributed by atoms with van der Waals surface area (Å²) in [6.07, 6.45) is 4.98. The van der Waals surface area contributed by atoms with Crippen LogP contribution in [0, 0.1) is 0 Å². The Morgan fingerprint density at radius 2 is 2.27 bits per heavy atom. The summed E-state index contributed by atoms with van der Waals surface area (Å²) in [5.74, 6) is 0.109. The van der Waals surface area contributed by atoms with Gasteiger partial charge in [-0.3, -0.25) is 14.4 Å². The summed E-state index contributed by atoms with van der Waals surface area (Å²) in [5.41, 5.74) is -0.301. The van der Waals surface area contributed by atoms with Crippen LogP contribution in [0.25, 0.3) is 0 Å². The van der Waals surface area contributed by atoms with Crippen LogP contribution in [-0.2, 0) is 4.74 Å². The highest BCUT2D eigenvalue weighted by molar-refractivity contribution is 5.88. The molecule has 2 aliphatic rings. The molecule has 0 saturated heterocycles. The number of ether oxygens (including phenoxy) is 1. The van der Waals surface area contributed by atoms with Crippen molar-refractivity contribution < 1.29 is 9.53 Å². The van der Waals surface area contributed by atoms with Gasteiger partial charge in [-0.15, -0.1) is 0 Å². The van der Waals surface area contributed by atoms with Gasteiger partial charge in [0.05, 0.1) is 25.5 Å². The Bertz CT molecular complexity index is 667. The maximum absolute atomic E-state index is 12.7. The molecule has 3 rings (SSSR count). The Labute approximate surface area is 128 Å². The lowest BCUT2D eigenvalue weighted by Gasteiger charge is -2.35. The smallest absolute Gasteiger partial charge is 0.345 e.